The Labute approximate surface area is 81.9 Å². The van der Waals surface area contributed by atoms with Gasteiger partial charge in [-0.15, -0.1) is 11.6 Å². The highest BCUT2D eigenvalue weighted by Gasteiger charge is 2.08. The second-order valence-electron chi connectivity index (χ2n) is 4.77. The summed E-state index contributed by atoms with van der Waals surface area (Å²) < 4.78 is 0. The van der Waals surface area contributed by atoms with Crippen molar-refractivity contribution >= 4 is 11.6 Å². The van der Waals surface area contributed by atoms with Gasteiger partial charge in [0.1, 0.15) is 0 Å². The lowest BCUT2D eigenvalue weighted by atomic mass is 9.92. The fourth-order valence-corrected chi connectivity index (χ4v) is 0.976. The third-order valence-corrected chi connectivity index (χ3v) is 2.33. The van der Waals surface area contributed by atoms with Gasteiger partial charge in [-0.1, -0.05) is 27.7 Å². The van der Waals surface area contributed by atoms with Gasteiger partial charge >= 0.3 is 0 Å². The van der Waals surface area contributed by atoms with Gasteiger partial charge < -0.3 is 5.32 Å². The van der Waals surface area contributed by atoms with E-state index in [0.717, 1.165) is 19.0 Å². The molecule has 0 aliphatic rings. The minimum Gasteiger partial charge on any atom is -0.316 e. The highest BCUT2D eigenvalue weighted by molar-refractivity contribution is 6.18. The second kappa shape index (κ2) is 5.82. The van der Waals surface area contributed by atoms with Crippen LogP contribution >= 0.6 is 11.6 Å². The molecule has 0 aliphatic heterocycles. The molecule has 0 aromatic rings. The van der Waals surface area contributed by atoms with Gasteiger partial charge in [0.15, 0.2) is 0 Å². The van der Waals surface area contributed by atoms with Gasteiger partial charge in [-0.05, 0) is 30.8 Å². The Balaban J connectivity index is 3.22. The molecule has 12 heavy (non-hydrogen) atoms. The normalized spacial score (nSPS) is 14.8. The zero-order chi connectivity index (χ0) is 9.61. The van der Waals surface area contributed by atoms with Crippen molar-refractivity contribution in [1.29, 1.82) is 0 Å². The Morgan fingerprint density at radius 2 is 1.92 bits per heavy atom. The van der Waals surface area contributed by atoms with Crippen molar-refractivity contribution in [1.82, 2.24) is 5.32 Å². The first kappa shape index (κ1) is 12.2. The average Bonchev–Trinajstić information content (AvgIpc) is 1.96. The summed E-state index contributed by atoms with van der Waals surface area (Å²) in [5.74, 6) is 1.34. The second-order valence-corrected chi connectivity index (χ2v) is 5.08. The minimum atomic E-state index is 0.442. The molecule has 0 aromatic heterocycles. The summed E-state index contributed by atoms with van der Waals surface area (Å²) in [6, 6.07) is 0. The van der Waals surface area contributed by atoms with Crippen molar-refractivity contribution in [2.75, 3.05) is 19.0 Å². The topological polar surface area (TPSA) is 12.0 Å². The number of alkyl halides is 1. The minimum absolute atomic E-state index is 0.442. The van der Waals surface area contributed by atoms with Crippen LogP contribution in [0.1, 0.15) is 34.1 Å². The van der Waals surface area contributed by atoms with Crippen LogP contribution in [-0.4, -0.2) is 19.0 Å². The molecule has 74 valence electrons. The van der Waals surface area contributed by atoms with Crippen LogP contribution in [0.25, 0.3) is 0 Å². The zero-order valence-corrected chi connectivity index (χ0v) is 9.54. The highest BCUT2D eigenvalue weighted by atomic mass is 35.5. The molecule has 0 rings (SSSR count). The van der Waals surface area contributed by atoms with E-state index in [9.17, 15) is 0 Å². The molecule has 0 amide bonds. The number of hydrogen-bond acceptors (Lipinski definition) is 1. The molecule has 0 heterocycles. The van der Waals surface area contributed by atoms with Gasteiger partial charge in [0.25, 0.3) is 0 Å². The number of hydrogen-bond donors (Lipinski definition) is 1. The van der Waals surface area contributed by atoms with E-state index >= 15 is 0 Å². The lowest BCUT2D eigenvalue weighted by molar-refractivity contribution is 0.362. The Morgan fingerprint density at radius 3 is 2.33 bits per heavy atom. The first-order chi connectivity index (χ1) is 5.45. The highest BCUT2D eigenvalue weighted by Crippen LogP contribution is 2.16. The van der Waals surface area contributed by atoms with Crippen LogP contribution in [0, 0.1) is 11.3 Å². The Kier molecular flexibility index (Phi) is 5.94. The van der Waals surface area contributed by atoms with E-state index in [1.165, 1.54) is 6.42 Å². The fourth-order valence-electron chi connectivity index (χ4n) is 0.866. The van der Waals surface area contributed by atoms with Crippen molar-refractivity contribution in [2.24, 2.45) is 11.3 Å². The van der Waals surface area contributed by atoms with Gasteiger partial charge in [-0.25, -0.2) is 0 Å². The van der Waals surface area contributed by atoms with Crippen LogP contribution in [0.2, 0.25) is 0 Å². The average molecular weight is 192 g/mol. The van der Waals surface area contributed by atoms with E-state index in [1.807, 2.05) is 0 Å². The smallest absolute Gasteiger partial charge is 0.0261 e. The van der Waals surface area contributed by atoms with Crippen molar-refractivity contribution in [3.8, 4) is 0 Å². The van der Waals surface area contributed by atoms with E-state index in [4.69, 9.17) is 11.6 Å². The summed E-state index contributed by atoms with van der Waals surface area (Å²) in [6.45, 7) is 11.1. The Bertz CT molecular complexity index is 107. The molecule has 1 N–H and O–H groups in total. The van der Waals surface area contributed by atoms with Crippen LogP contribution in [0.3, 0.4) is 0 Å². The lowest BCUT2D eigenvalue weighted by Gasteiger charge is -2.18. The first-order valence-corrected chi connectivity index (χ1v) is 5.26. The van der Waals surface area contributed by atoms with Crippen molar-refractivity contribution in [2.45, 2.75) is 34.1 Å². The molecule has 0 aliphatic carbocycles. The van der Waals surface area contributed by atoms with E-state index in [2.05, 4.69) is 33.0 Å². The van der Waals surface area contributed by atoms with Gasteiger partial charge in [0, 0.05) is 5.88 Å². The first-order valence-electron chi connectivity index (χ1n) is 4.72. The molecule has 0 saturated carbocycles. The standard InChI is InChI=1S/C10H22ClN/c1-9(7-11)8-12-6-5-10(2,3)4/h9,12H,5-8H2,1-4H3. The monoisotopic (exact) mass is 191 g/mol. The molecule has 2 heteroatoms. The SMILES string of the molecule is CC(CCl)CNCCC(C)(C)C. The van der Waals surface area contributed by atoms with Gasteiger partial charge in [-0.2, -0.15) is 0 Å². The third-order valence-electron chi connectivity index (χ3n) is 1.81. The van der Waals surface area contributed by atoms with E-state index in [-0.39, 0.29) is 0 Å². The largest absolute Gasteiger partial charge is 0.316 e. The number of halogens is 1. The quantitative estimate of drug-likeness (QED) is 0.521. The molecule has 0 radical (unpaired) electrons. The third kappa shape index (κ3) is 8.35. The summed E-state index contributed by atoms with van der Waals surface area (Å²) in [7, 11) is 0. The van der Waals surface area contributed by atoms with Crippen LogP contribution in [-0.2, 0) is 0 Å². The van der Waals surface area contributed by atoms with Crippen molar-refractivity contribution < 1.29 is 0 Å². The van der Waals surface area contributed by atoms with E-state index in [0.29, 0.717) is 11.3 Å². The summed E-state index contributed by atoms with van der Waals surface area (Å²) in [5.41, 5.74) is 0.442. The lowest BCUT2D eigenvalue weighted by Crippen LogP contribution is -2.25. The summed E-state index contributed by atoms with van der Waals surface area (Å²) in [4.78, 5) is 0. The molecule has 1 unspecified atom stereocenters. The maximum absolute atomic E-state index is 5.68. The Hall–Kier alpha value is 0.250. The van der Waals surface area contributed by atoms with Crippen LogP contribution in [0.15, 0.2) is 0 Å². The molecular weight excluding hydrogens is 170 g/mol. The molecule has 0 spiro atoms. The van der Waals surface area contributed by atoms with Gasteiger partial charge in [0.2, 0.25) is 0 Å². The van der Waals surface area contributed by atoms with E-state index < -0.39 is 0 Å². The molecular formula is C10H22ClN. The van der Waals surface area contributed by atoms with Gasteiger partial charge in [-0.3, -0.25) is 0 Å². The van der Waals surface area contributed by atoms with Crippen LogP contribution in [0.4, 0.5) is 0 Å². The molecule has 0 bridgehead atoms. The number of rotatable bonds is 5. The molecule has 0 fully saturated rings. The summed E-state index contributed by atoms with van der Waals surface area (Å²) >= 11 is 5.68. The predicted octanol–water partition coefficient (Wildman–Crippen LogP) is 2.89. The van der Waals surface area contributed by atoms with E-state index in [1.54, 1.807) is 0 Å². The van der Waals surface area contributed by atoms with Crippen molar-refractivity contribution in [3.05, 3.63) is 0 Å². The van der Waals surface area contributed by atoms with Crippen LogP contribution in [0.5, 0.6) is 0 Å². The number of nitrogens with one attached hydrogen (secondary N) is 1. The maximum Gasteiger partial charge on any atom is 0.0261 e. The molecule has 1 nitrogen and oxygen atoms in total. The summed E-state index contributed by atoms with van der Waals surface area (Å²) in [5, 5.41) is 3.41. The maximum atomic E-state index is 5.68. The molecule has 1 atom stereocenters. The fraction of sp³-hybridized carbons (Fsp3) is 1.00. The van der Waals surface area contributed by atoms with Crippen molar-refractivity contribution in [3.63, 3.8) is 0 Å². The zero-order valence-electron chi connectivity index (χ0n) is 8.78. The van der Waals surface area contributed by atoms with Crippen LogP contribution < -0.4 is 5.32 Å². The molecule has 0 saturated heterocycles. The summed E-state index contributed by atoms with van der Waals surface area (Å²) in [6.07, 6.45) is 1.22. The molecule has 0 aromatic carbocycles. The Morgan fingerprint density at radius 1 is 1.33 bits per heavy atom. The van der Waals surface area contributed by atoms with Gasteiger partial charge in [0.05, 0.1) is 0 Å². The predicted molar refractivity (Wildman–Crippen MR) is 56.8 cm³/mol.